The molecule has 0 bridgehead atoms. The Kier molecular flexibility index (Phi) is 7.08. The minimum Gasteiger partial charge on any atom is -0.449 e. The summed E-state index contributed by atoms with van der Waals surface area (Å²) in [6.07, 6.45) is 0. The molecule has 0 unspecified atom stereocenters. The molecule has 0 saturated heterocycles. The van der Waals surface area contributed by atoms with Crippen molar-refractivity contribution in [2.24, 2.45) is 0 Å². The minimum absolute atomic E-state index is 0.172. The summed E-state index contributed by atoms with van der Waals surface area (Å²) in [5.74, 6) is 4.20. The van der Waals surface area contributed by atoms with Crippen LogP contribution in [-0.2, 0) is 5.41 Å². The summed E-state index contributed by atoms with van der Waals surface area (Å²) in [6, 6.07) is 56.1. The van der Waals surface area contributed by atoms with Gasteiger partial charge in [0.25, 0.3) is 0 Å². The molecule has 0 spiro atoms. The third kappa shape index (κ3) is 5.28. The van der Waals surface area contributed by atoms with E-state index in [-0.39, 0.29) is 5.41 Å². The van der Waals surface area contributed by atoms with Crippen molar-refractivity contribution in [3.8, 4) is 90.5 Å². The van der Waals surface area contributed by atoms with Crippen LogP contribution in [0.2, 0.25) is 0 Å². The van der Waals surface area contributed by atoms with Gasteiger partial charge < -0.3 is 9.47 Å². The van der Waals surface area contributed by atoms with Crippen molar-refractivity contribution in [3.05, 3.63) is 175 Å². The first kappa shape index (κ1) is 30.9. The first-order chi connectivity index (χ1) is 26.0. The van der Waals surface area contributed by atoms with E-state index in [1.54, 1.807) is 0 Å². The van der Waals surface area contributed by atoms with E-state index in [1.807, 2.05) is 30.3 Å². The number of nitrogens with zero attached hydrogens (tertiary/aromatic N) is 3. The monoisotopic (exact) mass is 683 g/mol. The molecular weight excluding hydrogens is 651 g/mol. The van der Waals surface area contributed by atoms with Crippen LogP contribution in [0.25, 0.3) is 67.5 Å². The second kappa shape index (κ2) is 12.1. The summed E-state index contributed by atoms with van der Waals surface area (Å²) >= 11 is 0. The number of hydrogen-bond acceptors (Lipinski definition) is 5. The van der Waals surface area contributed by atoms with E-state index in [1.165, 1.54) is 22.3 Å². The maximum atomic E-state index is 6.78. The predicted octanol–water partition coefficient (Wildman–Crippen LogP) is 12.4. The van der Waals surface area contributed by atoms with Crippen molar-refractivity contribution >= 4 is 0 Å². The van der Waals surface area contributed by atoms with Crippen molar-refractivity contribution in [1.29, 1.82) is 0 Å². The summed E-state index contributed by atoms with van der Waals surface area (Å²) in [5.41, 5.74) is 11.8. The molecule has 1 aromatic heterocycles. The number of fused-ring (bicyclic) bond motifs is 5. The van der Waals surface area contributed by atoms with Crippen LogP contribution in [0.4, 0.5) is 0 Å². The smallest absolute Gasteiger partial charge is 0.181 e. The molecule has 5 heteroatoms. The lowest BCUT2D eigenvalue weighted by molar-refractivity contribution is 0.360. The number of hydrogen-bond donors (Lipinski definition) is 0. The number of benzene rings is 7. The van der Waals surface area contributed by atoms with Crippen molar-refractivity contribution in [2.75, 3.05) is 0 Å². The topological polar surface area (TPSA) is 57.1 Å². The zero-order valence-corrected chi connectivity index (χ0v) is 29.2. The molecule has 2 aliphatic rings. The molecule has 2 heterocycles. The van der Waals surface area contributed by atoms with E-state index >= 15 is 0 Å². The molecule has 1 aliphatic carbocycles. The summed E-state index contributed by atoms with van der Waals surface area (Å²) in [6.45, 7) is 4.53. The molecule has 10 rings (SSSR count). The molecule has 0 atom stereocenters. The molecule has 7 aromatic carbocycles. The second-order valence-corrected chi connectivity index (χ2v) is 14.0. The summed E-state index contributed by atoms with van der Waals surface area (Å²) < 4.78 is 13.4. The lowest BCUT2D eigenvalue weighted by atomic mass is 9.82. The average Bonchev–Trinajstić information content (AvgIpc) is 3.44. The molecule has 0 saturated carbocycles. The minimum atomic E-state index is -0.172. The third-order valence-electron chi connectivity index (χ3n) is 10.4. The van der Waals surface area contributed by atoms with Crippen LogP contribution >= 0.6 is 0 Å². The van der Waals surface area contributed by atoms with Crippen LogP contribution in [-0.4, -0.2) is 15.0 Å². The predicted molar refractivity (Wildman–Crippen MR) is 211 cm³/mol. The molecule has 8 aromatic rings. The van der Waals surface area contributed by atoms with Crippen LogP contribution in [0.15, 0.2) is 164 Å². The van der Waals surface area contributed by atoms with Gasteiger partial charge in [-0.25, -0.2) is 15.0 Å². The molecule has 53 heavy (non-hydrogen) atoms. The molecule has 1 aliphatic heterocycles. The molecule has 252 valence electrons. The molecule has 0 N–H and O–H groups in total. The van der Waals surface area contributed by atoms with E-state index in [0.29, 0.717) is 40.5 Å². The zero-order valence-electron chi connectivity index (χ0n) is 29.2. The quantitative estimate of drug-likeness (QED) is 0.181. The Balaban J connectivity index is 1.08. The Hall–Kier alpha value is -6.85. The zero-order chi connectivity index (χ0) is 35.5. The van der Waals surface area contributed by atoms with Gasteiger partial charge in [-0.2, -0.15) is 0 Å². The van der Waals surface area contributed by atoms with Crippen molar-refractivity contribution in [2.45, 2.75) is 19.3 Å². The van der Waals surface area contributed by atoms with Gasteiger partial charge in [-0.1, -0.05) is 153 Å². The number of rotatable bonds is 5. The largest absolute Gasteiger partial charge is 0.449 e. The number of ether oxygens (including phenoxy) is 2. The Morgan fingerprint density at radius 3 is 1.47 bits per heavy atom. The fraction of sp³-hybridized carbons (Fsp3) is 0.0625. The highest BCUT2D eigenvalue weighted by Crippen LogP contribution is 2.56. The summed E-state index contributed by atoms with van der Waals surface area (Å²) in [7, 11) is 0. The highest BCUT2D eigenvalue weighted by molar-refractivity contribution is 5.84. The lowest BCUT2D eigenvalue weighted by Gasteiger charge is -2.26. The van der Waals surface area contributed by atoms with Crippen LogP contribution in [0, 0.1) is 0 Å². The standard InChI is InChI=1S/C48H33N3O2/c1-48(2)39-18-10-9-16-36(39)38-28-42-43(29-40(38)48)53-44-37(17-11-19-41(44)52-42)47-50-45(34-24-20-32(21-25-34)30-12-5-3-6-13-30)49-46(51-47)35-26-22-33(23-27-35)31-14-7-4-8-15-31/h3-29H,1-2H3. The van der Waals surface area contributed by atoms with Crippen LogP contribution < -0.4 is 9.47 Å². The normalized spacial score (nSPS) is 13.2. The Morgan fingerprint density at radius 2 is 0.849 bits per heavy atom. The Bertz CT molecular complexity index is 2570. The molecule has 0 fully saturated rings. The van der Waals surface area contributed by atoms with Crippen LogP contribution in [0.1, 0.15) is 25.0 Å². The molecule has 5 nitrogen and oxygen atoms in total. The van der Waals surface area contributed by atoms with E-state index < -0.39 is 0 Å². The van der Waals surface area contributed by atoms with Crippen LogP contribution in [0.5, 0.6) is 23.0 Å². The van der Waals surface area contributed by atoms with Gasteiger partial charge in [0.2, 0.25) is 0 Å². The summed E-state index contributed by atoms with van der Waals surface area (Å²) in [4.78, 5) is 15.2. The van der Waals surface area contributed by atoms with E-state index in [4.69, 9.17) is 24.4 Å². The third-order valence-corrected chi connectivity index (χ3v) is 10.4. The van der Waals surface area contributed by atoms with Gasteiger partial charge in [-0.05, 0) is 68.8 Å². The van der Waals surface area contributed by atoms with E-state index in [9.17, 15) is 0 Å². The SMILES string of the molecule is CC1(C)c2ccccc2-c2cc3c(cc21)Oc1c(cccc1-c1nc(-c2ccc(-c4ccccc4)cc2)nc(-c2ccc(-c4ccccc4)cc2)n1)O3. The van der Waals surface area contributed by atoms with Crippen LogP contribution in [0.3, 0.4) is 0 Å². The molecule has 0 amide bonds. The van der Waals surface area contributed by atoms with Gasteiger partial charge >= 0.3 is 0 Å². The Morgan fingerprint density at radius 1 is 0.358 bits per heavy atom. The highest BCUT2D eigenvalue weighted by atomic mass is 16.6. The van der Waals surface area contributed by atoms with Crippen molar-refractivity contribution < 1.29 is 9.47 Å². The number of aromatic nitrogens is 3. The maximum Gasteiger partial charge on any atom is 0.181 e. The molecular formula is C48H33N3O2. The van der Waals surface area contributed by atoms with Crippen molar-refractivity contribution in [1.82, 2.24) is 15.0 Å². The van der Waals surface area contributed by atoms with E-state index in [0.717, 1.165) is 38.9 Å². The first-order valence-electron chi connectivity index (χ1n) is 17.8. The highest BCUT2D eigenvalue weighted by Gasteiger charge is 2.37. The van der Waals surface area contributed by atoms with Gasteiger partial charge in [0.1, 0.15) is 0 Å². The second-order valence-electron chi connectivity index (χ2n) is 14.0. The van der Waals surface area contributed by atoms with Gasteiger partial charge in [-0.3, -0.25) is 0 Å². The van der Waals surface area contributed by atoms with Gasteiger partial charge in [-0.15, -0.1) is 0 Å². The van der Waals surface area contributed by atoms with Crippen molar-refractivity contribution in [3.63, 3.8) is 0 Å². The average molecular weight is 684 g/mol. The van der Waals surface area contributed by atoms with Gasteiger partial charge in [0, 0.05) is 16.5 Å². The van der Waals surface area contributed by atoms with Gasteiger partial charge in [0.05, 0.1) is 5.56 Å². The lowest BCUT2D eigenvalue weighted by Crippen LogP contribution is -2.15. The number of para-hydroxylation sites is 1. The van der Waals surface area contributed by atoms with Gasteiger partial charge in [0.15, 0.2) is 40.5 Å². The fourth-order valence-corrected chi connectivity index (χ4v) is 7.61. The Labute approximate surface area is 308 Å². The summed E-state index contributed by atoms with van der Waals surface area (Å²) in [5, 5.41) is 0. The fourth-order valence-electron chi connectivity index (χ4n) is 7.61. The maximum absolute atomic E-state index is 6.78. The van der Waals surface area contributed by atoms with E-state index in [2.05, 4.69) is 147 Å². The molecule has 0 radical (unpaired) electrons. The first-order valence-corrected chi connectivity index (χ1v) is 17.8.